The number of ketones is 1. The van der Waals surface area contributed by atoms with Crippen molar-refractivity contribution >= 4 is 11.7 Å². The number of carbonyl (C=O) groups excluding carboxylic acids is 2. The Hall–Kier alpha value is -1.72. The molecule has 1 N–H and O–H groups in total. The highest BCUT2D eigenvalue weighted by atomic mass is 16.5. The first kappa shape index (κ1) is 17.1. The third-order valence-corrected chi connectivity index (χ3v) is 5.34. The van der Waals surface area contributed by atoms with Gasteiger partial charge in [-0.1, -0.05) is 12.1 Å². The van der Waals surface area contributed by atoms with E-state index in [1.165, 1.54) is 5.56 Å². The molecule has 1 fully saturated rings. The van der Waals surface area contributed by atoms with Crippen LogP contribution in [0.2, 0.25) is 0 Å². The number of benzene rings is 1. The Morgan fingerprint density at radius 3 is 2.92 bits per heavy atom. The normalized spacial score (nSPS) is 22.9. The third kappa shape index (κ3) is 3.37. The number of hydrogen-bond donors (Lipinski definition) is 1. The van der Waals surface area contributed by atoms with E-state index in [9.17, 15) is 9.59 Å². The van der Waals surface area contributed by atoms with Gasteiger partial charge in [0.05, 0.1) is 0 Å². The van der Waals surface area contributed by atoms with Gasteiger partial charge in [0.25, 0.3) is 0 Å². The minimum Gasteiger partial charge on any atom is -0.388 e. The van der Waals surface area contributed by atoms with E-state index in [1.807, 2.05) is 17.0 Å². The zero-order chi connectivity index (χ0) is 17.2. The molecule has 3 rings (SSSR count). The van der Waals surface area contributed by atoms with Gasteiger partial charge < -0.3 is 14.7 Å². The first-order valence-electron chi connectivity index (χ1n) is 8.59. The number of hydrogen-bond acceptors (Lipinski definition) is 4. The fourth-order valence-corrected chi connectivity index (χ4v) is 4.06. The summed E-state index contributed by atoms with van der Waals surface area (Å²) in [6.07, 6.45) is 4.25. The zero-order valence-corrected chi connectivity index (χ0v) is 14.2. The lowest BCUT2D eigenvalue weighted by atomic mass is 9.70. The summed E-state index contributed by atoms with van der Waals surface area (Å²) < 4.78 is 5.08. The molecule has 24 heavy (non-hydrogen) atoms. The first-order chi connectivity index (χ1) is 11.6. The van der Waals surface area contributed by atoms with Crippen LogP contribution in [0.25, 0.3) is 0 Å². The minimum absolute atomic E-state index is 0.00194. The summed E-state index contributed by atoms with van der Waals surface area (Å²) in [6.45, 7) is 1.76. The van der Waals surface area contributed by atoms with E-state index in [4.69, 9.17) is 9.84 Å². The van der Waals surface area contributed by atoms with E-state index in [2.05, 4.69) is 0 Å². The average molecular weight is 331 g/mol. The number of nitrogens with zero attached hydrogens (tertiary/aromatic N) is 1. The Bertz CT molecular complexity index is 642. The Morgan fingerprint density at radius 1 is 1.33 bits per heavy atom. The average Bonchev–Trinajstić information content (AvgIpc) is 2.88. The number of carbonyl (C=O) groups is 2. The van der Waals surface area contributed by atoms with Crippen molar-refractivity contribution in [1.29, 1.82) is 0 Å². The molecule has 1 aromatic carbocycles. The molecule has 1 aliphatic heterocycles. The summed E-state index contributed by atoms with van der Waals surface area (Å²) in [7, 11) is 1.68. The van der Waals surface area contributed by atoms with E-state index in [1.54, 1.807) is 13.2 Å². The van der Waals surface area contributed by atoms with Crippen molar-refractivity contribution in [2.24, 2.45) is 5.41 Å². The van der Waals surface area contributed by atoms with Crippen molar-refractivity contribution in [3.05, 3.63) is 34.9 Å². The molecular weight excluding hydrogens is 306 g/mol. The minimum atomic E-state index is -0.463. The molecule has 5 nitrogen and oxygen atoms in total. The van der Waals surface area contributed by atoms with Gasteiger partial charge in [0.15, 0.2) is 5.78 Å². The highest BCUT2D eigenvalue weighted by molar-refractivity contribution is 5.97. The molecule has 1 spiro atoms. The monoisotopic (exact) mass is 331 g/mol. The molecule has 1 unspecified atom stereocenters. The summed E-state index contributed by atoms with van der Waals surface area (Å²) in [4.78, 5) is 26.1. The van der Waals surface area contributed by atoms with Crippen molar-refractivity contribution in [3.63, 3.8) is 0 Å². The van der Waals surface area contributed by atoms with E-state index >= 15 is 0 Å². The van der Waals surface area contributed by atoms with Crippen molar-refractivity contribution in [1.82, 2.24) is 4.90 Å². The highest BCUT2D eigenvalue weighted by Crippen LogP contribution is 2.43. The molecule has 1 amide bonds. The lowest BCUT2D eigenvalue weighted by molar-refractivity contribution is -0.127. The van der Waals surface area contributed by atoms with Crippen LogP contribution in [0.5, 0.6) is 0 Å². The van der Waals surface area contributed by atoms with Crippen LogP contribution in [-0.4, -0.2) is 55.1 Å². The molecule has 5 heteroatoms. The molecule has 1 heterocycles. The second kappa shape index (κ2) is 7.03. The van der Waals surface area contributed by atoms with Crippen molar-refractivity contribution < 1.29 is 19.4 Å². The highest BCUT2D eigenvalue weighted by Gasteiger charge is 2.44. The van der Waals surface area contributed by atoms with Crippen LogP contribution < -0.4 is 0 Å². The Morgan fingerprint density at radius 2 is 2.17 bits per heavy atom. The molecule has 0 bridgehead atoms. The molecule has 1 aromatic rings. The number of methoxy groups -OCH3 is 1. The van der Waals surface area contributed by atoms with E-state index in [0.29, 0.717) is 18.6 Å². The molecule has 130 valence electrons. The predicted octanol–water partition coefficient (Wildman–Crippen LogP) is 1.61. The quantitative estimate of drug-likeness (QED) is 0.635. The third-order valence-electron chi connectivity index (χ3n) is 5.34. The van der Waals surface area contributed by atoms with E-state index < -0.39 is 6.61 Å². The summed E-state index contributed by atoms with van der Waals surface area (Å²) in [6, 6.07) is 5.71. The van der Waals surface area contributed by atoms with Crippen LogP contribution in [0.1, 0.15) is 40.7 Å². The van der Waals surface area contributed by atoms with E-state index in [0.717, 1.165) is 44.3 Å². The first-order valence-corrected chi connectivity index (χ1v) is 8.59. The lowest BCUT2D eigenvalue weighted by Gasteiger charge is -2.34. The number of ether oxygens (including phenoxy) is 1. The van der Waals surface area contributed by atoms with Gasteiger partial charge in [-0.25, -0.2) is 0 Å². The summed E-state index contributed by atoms with van der Waals surface area (Å²) in [5, 5.41) is 9.06. The molecule has 0 aromatic heterocycles. The molecular formula is C19H25NO4. The SMILES string of the molecule is COCCCN1CC2(CCc3ccc(C(=O)CO)cc3C2)CC1=O. The molecule has 1 saturated heterocycles. The molecule has 1 aliphatic carbocycles. The van der Waals surface area contributed by atoms with Crippen LogP contribution in [0.3, 0.4) is 0 Å². The number of amides is 1. The maximum atomic E-state index is 12.4. The summed E-state index contributed by atoms with van der Waals surface area (Å²) >= 11 is 0. The van der Waals surface area contributed by atoms with Gasteiger partial charge in [-0.3, -0.25) is 9.59 Å². The number of fused-ring (bicyclic) bond motifs is 1. The second-order valence-corrected chi connectivity index (χ2v) is 7.08. The van der Waals surface area contributed by atoms with Gasteiger partial charge >= 0.3 is 0 Å². The number of aliphatic hydroxyl groups excluding tert-OH is 1. The standard InChI is InChI=1S/C19H25NO4/c1-24-8-2-7-20-13-19(11-18(20)23)6-5-14-3-4-15(17(22)12-21)9-16(14)10-19/h3-4,9,21H,2,5-8,10-13H2,1H3. The van der Waals surface area contributed by atoms with Crippen LogP contribution >= 0.6 is 0 Å². The molecule has 0 saturated carbocycles. The number of aryl methyl sites for hydroxylation is 1. The topological polar surface area (TPSA) is 66.8 Å². The van der Waals surface area contributed by atoms with E-state index in [-0.39, 0.29) is 17.1 Å². The fraction of sp³-hybridized carbons (Fsp3) is 0.579. The number of aliphatic hydroxyl groups is 1. The predicted molar refractivity (Wildman–Crippen MR) is 90.0 cm³/mol. The number of rotatable bonds is 6. The molecule has 1 atom stereocenters. The second-order valence-electron chi connectivity index (χ2n) is 7.08. The fourth-order valence-electron chi connectivity index (χ4n) is 4.06. The van der Waals surface area contributed by atoms with Gasteiger partial charge in [-0.05, 0) is 42.9 Å². The summed E-state index contributed by atoms with van der Waals surface area (Å²) in [5.74, 6) is -0.0155. The van der Waals surface area contributed by atoms with Crippen molar-refractivity contribution in [2.45, 2.75) is 32.1 Å². The Labute approximate surface area is 142 Å². The van der Waals surface area contributed by atoms with Gasteiger partial charge in [0.2, 0.25) is 5.91 Å². The number of Topliss-reactive ketones (excluding diaryl/α,β-unsaturated/α-hetero) is 1. The maximum absolute atomic E-state index is 12.4. The summed E-state index contributed by atoms with van der Waals surface area (Å²) in [5.41, 5.74) is 2.99. The smallest absolute Gasteiger partial charge is 0.223 e. The molecule has 2 aliphatic rings. The van der Waals surface area contributed by atoms with Gasteiger partial charge in [-0.15, -0.1) is 0 Å². The van der Waals surface area contributed by atoms with Crippen LogP contribution in [-0.2, 0) is 22.4 Å². The van der Waals surface area contributed by atoms with Gasteiger partial charge in [-0.2, -0.15) is 0 Å². The Kier molecular flexibility index (Phi) is 5.01. The molecule has 0 radical (unpaired) electrons. The van der Waals surface area contributed by atoms with Crippen LogP contribution in [0.4, 0.5) is 0 Å². The lowest BCUT2D eigenvalue weighted by Crippen LogP contribution is -2.33. The zero-order valence-electron chi connectivity index (χ0n) is 14.2. The van der Waals surface area contributed by atoms with Gasteiger partial charge in [0, 0.05) is 44.2 Å². The van der Waals surface area contributed by atoms with Crippen LogP contribution in [0, 0.1) is 5.41 Å². The van der Waals surface area contributed by atoms with Crippen molar-refractivity contribution in [2.75, 3.05) is 33.4 Å². The van der Waals surface area contributed by atoms with Crippen molar-refractivity contribution in [3.8, 4) is 0 Å². The number of likely N-dealkylation sites (tertiary alicyclic amines) is 1. The van der Waals surface area contributed by atoms with Crippen LogP contribution in [0.15, 0.2) is 18.2 Å². The van der Waals surface area contributed by atoms with Gasteiger partial charge in [0.1, 0.15) is 6.61 Å². The Balaban J connectivity index is 1.74. The maximum Gasteiger partial charge on any atom is 0.223 e. The largest absolute Gasteiger partial charge is 0.388 e.